The summed E-state index contributed by atoms with van der Waals surface area (Å²) >= 11 is 0. The first-order valence-electron chi connectivity index (χ1n) is 50.2. The van der Waals surface area contributed by atoms with E-state index in [1.807, 2.05) is 24.5 Å². The molecule has 14 N–H and O–H groups in total. The third-order valence-electron chi connectivity index (χ3n) is 31.3. The number of amides is 10. The summed E-state index contributed by atoms with van der Waals surface area (Å²) in [6.07, 6.45) is 19.9. The Morgan fingerprint density at radius 2 is 0.615 bits per heavy atom. The summed E-state index contributed by atoms with van der Waals surface area (Å²) in [5, 5.41) is 10.5. The molecular formula is C104H129F15N18O11. The third-order valence-corrected chi connectivity index (χ3v) is 31.3. The van der Waals surface area contributed by atoms with E-state index in [1.165, 1.54) is 44.6 Å². The molecule has 0 spiro atoms. The van der Waals surface area contributed by atoms with E-state index in [1.54, 1.807) is 39.4 Å². The van der Waals surface area contributed by atoms with Gasteiger partial charge in [-0.2, -0.15) is 0 Å². The van der Waals surface area contributed by atoms with Crippen molar-refractivity contribution < 1.29 is 118 Å². The molecule has 10 bridgehead atoms. The summed E-state index contributed by atoms with van der Waals surface area (Å²) in [7, 11) is 3.30. The molecule has 2 aromatic heterocycles. The zero-order chi connectivity index (χ0) is 108. The molecule has 0 aliphatic carbocycles. The van der Waals surface area contributed by atoms with E-state index in [2.05, 4.69) is 31.2 Å². The summed E-state index contributed by atoms with van der Waals surface area (Å²) < 4.78 is 209. The van der Waals surface area contributed by atoms with E-state index in [9.17, 15) is 114 Å². The highest BCUT2D eigenvalue weighted by atomic mass is 19.2. The Hall–Kier alpha value is -12.0. The van der Waals surface area contributed by atoms with Crippen LogP contribution in [-0.4, -0.2) is 232 Å². The van der Waals surface area contributed by atoms with Crippen LogP contribution < -0.4 is 49.9 Å². The molecule has 0 radical (unpaired) electrons. The molecule has 10 aliphatic rings. The lowest BCUT2D eigenvalue weighted by atomic mass is 9.82. The minimum absolute atomic E-state index is 0.000654. The van der Waals surface area contributed by atoms with Crippen molar-refractivity contribution in [2.75, 3.05) is 26.7 Å². The standard InChI is InChI=1S/C22H26F3N5O2.C22H25F3N4O3.3C20H26F3N3O2/c1-29-11-27-9-20(29)22(32)28-10-21(31)30-14-2-3-15(30)5-13(4-14)19(26)7-12-6-17(24)18(25)8-16(12)23;1-11-21(32-10-28-11)22(31)27-9-20(30)29-14-2-3-15(29)5-13(4-14)19(26)7-12-6-17(24)18(25)8-16(12)23;1-11(27)25(2)10-20(28)26-14-3-4-15(26)6-13(5-14)19(24)8-12-7-17(22)18(23)9-16(12)21;2*1-10(25-11(2)27)20(28)26-14-3-4-15(26)6-13(5-14)19(24)8-12-7-17(22)18(23)9-16(12)21/h6,8-9,11,13-15,19H,2-5,7,10,26H2,1H3,(H,28,32);6,8,10,13-15,19H,2-5,7,9,26H2,1H3,(H,27,31);7,9,13-15,19H,3-6,8,10,24H2,1-2H3;2*7,9-10,13-15,19H,3-6,8,24H2,1-2H3,(H,25,27)/t3*13?,14?,15?,19-;10-,13?,14?,15?,19+;10-,13?,14?,15?,19-/m11101/s1. The number of oxazole rings is 1. The SMILES string of the molecule is CC(=O)N(C)CC(=O)N1C2CCC1CC([C@H](N)Cc1cc(F)c(F)cc1F)C2.CC(=O)N[C@@H](C)C(=O)N1C2CCC1CC([C@H](N)Cc1cc(F)c(F)cc1F)C2.CC(=O)N[C@H](C)C(=O)N1C2CCC1CC([C@H](N)Cc1cc(F)c(F)cc1F)C2.Cc1ncoc1C(=O)NCC(=O)N1C2CCC1CC([C@H](N)Cc1cc(F)c(F)cc1F)C2.Cn1cncc1C(=O)NCC(=O)N1C2CCC1CC([C@H](N)Cc1cc(F)c(F)cc1F)C2. The van der Waals surface area contributed by atoms with Crippen LogP contribution >= 0.6 is 0 Å². The number of benzene rings is 5. The summed E-state index contributed by atoms with van der Waals surface area (Å²) in [6, 6.07) is 4.01. The monoisotopic (exact) mass is 2090 g/mol. The number of aryl methyl sites for hydroxylation is 2. The first-order valence-corrected chi connectivity index (χ1v) is 50.2. The second kappa shape index (κ2) is 49.2. The number of fused-ring (bicyclic) bond motifs is 10. The molecule has 10 amide bonds. The number of hydrogen-bond donors (Lipinski definition) is 9. The molecule has 0 saturated carbocycles. The zero-order valence-electron chi connectivity index (χ0n) is 83.6. The Morgan fingerprint density at radius 3 is 0.845 bits per heavy atom. The predicted octanol–water partition coefficient (Wildman–Crippen LogP) is 11.1. The fraction of sp³-hybridized carbons (Fsp3) is 0.558. The van der Waals surface area contributed by atoms with Gasteiger partial charge in [-0.3, -0.25) is 47.9 Å². The number of halogens is 15. The molecule has 10 saturated heterocycles. The van der Waals surface area contributed by atoms with Gasteiger partial charge < -0.3 is 88.3 Å². The number of imidazole rings is 1. The first kappa shape index (κ1) is 113. The fourth-order valence-electron chi connectivity index (χ4n) is 23.8. The topological polar surface area (TPSA) is 412 Å². The molecular weight excluding hydrogens is 1960 g/mol. The minimum Gasteiger partial charge on any atom is -0.438 e. The van der Waals surface area contributed by atoms with Gasteiger partial charge in [0, 0.05) is 156 Å². The van der Waals surface area contributed by atoms with Crippen molar-refractivity contribution in [3.05, 3.63) is 212 Å². The lowest BCUT2D eigenvalue weighted by Gasteiger charge is -2.42. The van der Waals surface area contributed by atoms with Crippen molar-refractivity contribution in [3.8, 4) is 0 Å². The number of nitrogens with one attached hydrogen (secondary N) is 4. The Morgan fingerprint density at radius 1 is 0.372 bits per heavy atom. The molecule has 5 aromatic carbocycles. The van der Waals surface area contributed by atoms with Crippen LogP contribution in [0.4, 0.5) is 65.9 Å². The molecule has 10 unspecified atom stereocenters. The van der Waals surface area contributed by atoms with Gasteiger partial charge in [0.25, 0.3) is 11.8 Å². The van der Waals surface area contributed by atoms with Crippen molar-refractivity contribution in [1.29, 1.82) is 0 Å². The van der Waals surface area contributed by atoms with Gasteiger partial charge in [0.15, 0.2) is 64.6 Å². The summed E-state index contributed by atoms with van der Waals surface area (Å²) in [5.74, 6) is -17.3. The zero-order valence-corrected chi connectivity index (χ0v) is 83.6. The van der Waals surface area contributed by atoms with Crippen molar-refractivity contribution >= 4 is 59.1 Å². The normalized spacial score (nSPS) is 24.6. The first-order chi connectivity index (χ1) is 70.0. The number of piperidine rings is 5. The molecule has 17 rings (SSSR count). The van der Waals surface area contributed by atoms with Gasteiger partial charge in [0.1, 0.15) is 46.9 Å². The molecule has 10 aliphatic heterocycles. The van der Waals surface area contributed by atoms with E-state index in [-0.39, 0.29) is 228 Å². The van der Waals surface area contributed by atoms with Crippen LogP contribution in [0.15, 0.2) is 84.0 Å². The predicted molar refractivity (Wildman–Crippen MR) is 511 cm³/mol. The van der Waals surface area contributed by atoms with Gasteiger partial charge in [-0.15, -0.1) is 0 Å². The van der Waals surface area contributed by atoms with Gasteiger partial charge in [0.2, 0.25) is 53.0 Å². The quantitative estimate of drug-likeness (QED) is 0.0171. The van der Waals surface area contributed by atoms with Gasteiger partial charge in [-0.1, -0.05) is 0 Å². The number of nitrogens with two attached hydrogens (primary N) is 5. The molecule has 29 nitrogen and oxygen atoms in total. The average molecular weight is 2090 g/mol. The van der Waals surface area contributed by atoms with Crippen LogP contribution in [0, 0.1) is 124 Å². The molecule has 10 fully saturated rings. The van der Waals surface area contributed by atoms with Crippen LogP contribution in [0.3, 0.4) is 0 Å². The lowest BCUT2D eigenvalue weighted by Crippen LogP contribution is -2.55. The van der Waals surface area contributed by atoms with E-state index in [0.717, 1.165) is 94.5 Å². The Kier molecular flexibility index (Phi) is 37.6. The Bertz CT molecular complexity index is 5650. The van der Waals surface area contributed by atoms with Crippen molar-refractivity contribution in [1.82, 2.24) is 65.2 Å². The maximum atomic E-state index is 14.0. The molecule has 12 heterocycles. The van der Waals surface area contributed by atoms with E-state index >= 15 is 0 Å². The van der Waals surface area contributed by atoms with Crippen LogP contribution in [0.5, 0.6) is 0 Å². The number of nitrogens with zero attached hydrogens (tertiary/aromatic N) is 9. The summed E-state index contributed by atoms with van der Waals surface area (Å²) in [4.78, 5) is 140. The number of carbonyl (C=O) groups is 10. The molecule has 806 valence electrons. The van der Waals surface area contributed by atoms with E-state index in [0.29, 0.717) is 106 Å². The maximum absolute atomic E-state index is 14.0. The van der Waals surface area contributed by atoms with Gasteiger partial charge >= 0.3 is 0 Å². The molecule has 17 atom stereocenters. The van der Waals surface area contributed by atoms with Crippen LogP contribution in [-0.2, 0) is 77.5 Å². The molecule has 44 heteroatoms. The molecule has 7 aromatic rings. The number of likely N-dealkylation sites (N-methyl/N-ethyl adjacent to an activating group) is 1. The Labute approximate surface area is 847 Å². The van der Waals surface area contributed by atoms with E-state index < -0.39 is 135 Å². The molecule has 148 heavy (non-hydrogen) atoms. The summed E-state index contributed by atoms with van der Waals surface area (Å²) in [6.45, 7) is 8.96. The highest BCUT2D eigenvalue weighted by molar-refractivity contribution is 5.96. The number of carbonyl (C=O) groups excluding carboxylic acids is 10. The van der Waals surface area contributed by atoms with Crippen molar-refractivity contribution in [2.45, 2.75) is 305 Å². The van der Waals surface area contributed by atoms with Gasteiger partial charge in [0.05, 0.1) is 37.9 Å². The largest absolute Gasteiger partial charge is 0.438 e. The van der Waals surface area contributed by atoms with Crippen LogP contribution in [0.25, 0.3) is 0 Å². The van der Waals surface area contributed by atoms with Gasteiger partial charge in [-0.05, 0) is 269 Å². The fourth-order valence-corrected chi connectivity index (χ4v) is 23.8. The second-order valence-corrected chi connectivity index (χ2v) is 41.3. The smallest absolute Gasteiger partial charge is 0.289 e. The van der Waals surface area contributed by atoms with Gasteiger partial charge in [-0.25, -0.2) is 75.8 Å². The minimum atomic E-state index is -1.23. The van der Waals surface area contributed by atoms with Crippen LogP contribution in [0.2, 0.25) is 0 Å². The number of aromatic nitrogens is 3. The maximum Gasteiger partial charge on any atom is 0.289 e. The Balaban J connectivity index is 0.000000155. The van der Waals surface area contributed by atoms with Crippen molar-refractivity contribution in [2.24, 2.45) is 65.3 Å². The third kappa shape index (κ3) is 27.2. The average Bonchev–Trinajstić information content (AvgIpc) is 1.64. The highest BCUT2D eigenvalue weighted by Crippen LogP contribution is 2.47. The lowest BCUT2D eigenvalue weighted by molar-refractivity contribution is -0.142. The second-order valence-electron chi connectivity index (χ2n) is 41.3. The highest BCUT2D eigenvalue weighted by Gasteiger charge is 2.52. The number of hydrogen-bond acceptors (Lipinski definition) is 18. The van der Waals surface area contributed by atoms with Crippen LogP contribution in [0.1, 0.15) is 218 Å². The van der Waals surface area contributed by atoms with E-state index in [4.69, 9.17) is 33.1 Å². The number of rotatable bonds is 27. The summed E-state index contributed by atoms with van der Waals surface area (Å²) in [5.41, 5.74) is 32.6. The van der Waals surface area contributed by atoms with Crippen molar-refractivity contribution in [3.63, 3.8) is 0 Å².